The summed E-state index contributed by atoms with van der Waals surface area (Å²) in [4.78, 5) is 14.2. The highest BCUT2D eigenvalue weighted by atomic mass is 28.3. The van der Waals surface area contributed by atoms with Crippen LogP contribution < -0.4 is 5.32 Å². The molecule has 1 rings (SSSR count). The minimum Gasteiger partial charge on any atom is -0.359 e. The summed E-state index contributed by atoms with van der Waals surface area (Å²) in [5.74, 6) is -2.50. The number of halogens is 3. The van der Waals surface area contributed by atoms with Crippen molar-refractivity contribution in [2.75, 3.05) is 11.9 Å². The highest BCUT2D eigenvalue weighted by Crippen LogP contribution is 2.16. The maximum Gasteiger partial charge on any atom is 0.471 e. The van der Waals surface area contributed by atoms with Crippen LogP contribution >= 0.6 is 0 Å². The minimum atomic E-state index is -4.96. The maximum atomic E-state index is 12.0. The van der Waals surface area contributed by atoms with Crippen LogP contribution in [0.5, 0.6) is 0 Å². The van der Waals surface area contributed by atoms with E-state index in [2.05, 4.69) is 29.7 Å². The van der Waals surface area contributed by atoms with Crippen molar-refractivity contribution in [1.82, 2.24) is 14.8 Å². The molecular weight excluding hydrogens is 293 g/mol. The maximum absolute atomic E-state index is 12.0. The van der Waals surface area contributed by atoms with E-state index in [1.807, 2.05) is 0 Å². The molecule has 0 bridgehead atoms. The minimum absolute atomic E-state index is 0.0827. The van der Waals surface area contributed by atoms with E-state index >= 15 is 0 Å². The average molecular weight is 310 g/mol. The zero-order valence-electron chi connectivity index (χ0n) is 11.5. The van der Waals surface area contributed by atoms with Crippen molar-refractivity contribution in [2.45, 2.75) is 38.6 Å². The van der Waals surface area contributed by atoms with Crippen LogP contribution in [-0.4, -0.2) is 41.5 Å². The predicted molar refractivity (Wildman–Crippen MR) is 68.8 cm³/mol. The number of amides is 1. The van der Waals surface area contributed by atoms with Crippen molar-refractivity contribution in [2.24, 2.45) is 0 Å². The van der Waals surface area contributed by atoms with E-state index in [0.29, 0.717) is 6.61 Å². The van der Waals surface area contributed by atoms with Crippen LogP contribution in [-0.2, 0) is 16.3 Å². The number of hydrogen-bond donors (Lipinski definition) is 1. The van der Waals surface area contributed by atoms with Crippen molar-refractivity contribution < 1.29 is 22.7 Å². The number of nitrogens with zero attached hydrogens (tertiary/aromatic N) is 3. The van der Waals surface area contributed by atoms with E-state index in [0.717, 1.165) is 6.04 Å². The molecule has 10 heteroatoms. The highest BCUT2D eigenvalue weighted by molar-refractivity contribution is 6.76. The Hall–Kier alpha value is -1.42. The number of rotatable bonds is 6. The molecule has 0 radical (unpaired) electrons. The fourth-order valence-electron chi connectivity index (χ4n) is 1.12. The Morgan fingerprint density at radius 3 is 2.65 bits per heavy atom. The standard InChI is InChI=1S/C10H17F3N4O2Si/c1-20(2,3)5-4-19-7-17-6-14-9(16-17)15-8(18)10(11,12)13/h6H,4-5,7H2,1-3H3,(H,15,16,18). The van der Waals surface area contributed by atoms with Crippen LogP contribution in [0.25, 0.3) is 0 Å². The van der Waals surface area contributed by atoms with Gasteiger partial charge in [-0.2, -0.15) is 13.2 Å². The first-order valence-electron chi connectivity index (χ1n) is 5.93. The first-order chi connectivity index (χ1) is 9.08. The summed E-state index contributed by atoms with van der Waals surface area (Å²) in [5, 5.41) is 5.22. The molecule has 0 aliphatic carbocycles. The van der Waals surface area contributed by atoms with Crippen molar-refractivity contribution in [3.05, 3.63) is 6.33 Å². The van der Waals surface area contributed by atoms with E-state index in [9.17, 15) is 18.0 Å². The third kappa shape index (κ3) is 6.15. The molecule has 0 atom stereocenters. The van der Waals surface area contributed by atoms with Crippen LogP contribution in [0.1, 0.15) is 0 Å². The van der Waals surface area contributed by atoms with E-state index < -0.39 is 26.1 Å². The number of carbonyl (C=O) groups is 1. The second-order valence-corrected chi connectivity index (χ2v) is 11.0. The molecule has 0 saturated carbocycles. The van der Waals surface area contributed by atoms with Gasteiger partial charge in [-0.05, 0) is 6.04 Å². The van der Waals surface area contributed by atoms with Gasteiger partial charge in [0.2, 0.25) is 5.95 Å². The van der Waals surface area contributed by atoms with E-state index in [4.69, 9.17) is 4.74 Å². The summed E-state index contributed by atoms with van der Waals surface area (Å²) in [5.41, 5.74) is 0. The van der Waals surface area contributed by atoms with Gasteiger partial charge < -0.3 is 4.74 Å². The van der Waals surface area contributed by atoms with Crippen LogP contribution in [0.3, 0.4) is 0 Å². The fraction of sp³-hybridized carbons (Fsp3) is 0.700. The quantitative estimate of drug-likeness (QED) is 0.645. The summed E-state index contributed by atoms with van der Waals surface area (Å²) in [6.45, 7) is 7.25. The molecule has 1 N–H and O–H groups in total. The van der Waals surface area contributed by atoms with Gasteiger partial charge in [0, 0.05) is 14.7 Å². The van der Waals surface area contributed by atoms with Crippen molar-refractivity contribution in [3.8, 4) is 0 Å². The first-order valence-corrected chi connectivity index (χ1v) is 9.64. The van der Waals surface area contributed by atoms with Crippen LogP contribution in [0.2, 0.25) is 25.7 Å². The number of aromatic nitrogens is 3. The normalized spacial score (nSPS) is 12.5. The number of alkyl halides is 3. The molecule has 20 heavy (non-hydrogen) atoms. The monoisotopic (exact) mass is 310 g/mol. The van der Waals surface area contributed by atoms with Gasteiger partial charge in [-0.15, -0.1) is 5.10 Å². The van der Waals surface area contributed by atoms with E-state index in [1.165, 1.54) is 11.0 Å². The fourth-order valence-corrected chi connectivity index (χ4v) is 1.88. The molecule has 0 aliphatic rings. The number of anilines is 1. The van der Waals surface area contributed by atoms with E-state index in [-0.39, 0.29) is 6.73 Å². The van der Waals surface area contributed by atoms with Gasteiger partial charge >= 0.3 is 12.1 Å². The Labute approximate surface area is 115 Å². The smallest absolute Gasteiger partial charge is 0.359 e. The lowest BCUT2D eigenvalue weighted by molar-refractivity contribution is -0.167. The molecule has 0 spiro atoms. The Bertz CT molecular complexity index is 456. The van der Waals surface area contributed by atoms with Gasteiger partial charge in [-0.1, -0.05) is 19.6 Å². The molecule has 6 nitrogen and oxygen atoms in total. The van der Waals surface area contributed by atoms with Crippen LogP contribution in [0.4, 0.5) is 19.1 Å². The Morgan fingerprint density at radius 1 is 1.45 bits per heavy atom. The van der Waals surface area contributed by atoms with Gasteiger partial charge in [-0.3, -0.25) is 10.1 Å². The molecule has 1 heterocycles. The summed E-state index contributed by atoms with van der Waals surface area (Å²) in [7, 11) is -1.19. The molecule has 1 amide bonds. The number of carbonyl (C=O) groups excluding carboxylic acids is 1. The molecule has 0 unspecified atom stereocenters. The largest absolute Gasteiger partial charge is 0.471 e. The van der Waals surface area contributed by atoms with Crippen molar-refractivity contribution in [3.63, 3.8) is 0 Å². The van der Waals surface area contributed by atoms with Crippen molar-refractivity contribution >= 4 is 19.9 Å². The molecule has 0 aromatic carbocycles. The summed E-state index contributed by atoms with van der Waals surface area (Å²) in [6, 6.07) is 0.972. The topological polar surface area (TPSA) is 69.0 Å². The van der Waals surface area contributed by atoms with Gasteiger partial charge in [-0.25, -0.2) is 9.67 Å². The number of ether oxygens (including phenoxy) is 1. The van der Waals surface area contributed by atoms with Crippen LogP contribution in [0.15, 0.2) is 6.33 Å². The van der Waals surface area contributed by atoms with Crippen molar-refractivity contribution in [1.29, 1.82) is 0 Å². The SMILES string of the molecule is C[Si](C)(C)CCOCn1cnc(NC(=O)C(F)(F)F)n1. The first kappa shape index (κ1) is 16.6. The predicted octanol–water partition coefficient (Wildman–Crippen LogP) is 2.09. The zero-order valence-corrected chi connectivity index (χ0v) is 12.5. The van der Waals surface area contributed by atoms with Gasteiger partial charge in [0.25, 0.3) is 0 Å². The molecule has 114 valence electrons. The summed E-state index contributed by atoms with van der Waals surface area (Å²) < 4.78 is 42.6. The lowest BCUT2D eigenvalue weighted by Gasteiger charge is -2.15. The zero-order chi connectivity index (χ0) is 15.4. The second kappa shape index (κ2) is 6.35. The number of nitrogens with one attached hydrogen (secondary N) is 1. The van der Waals surface area contributed by atoms with Gasteiger partial charge in [0.1, 0.15) is 13.1 Å². The second-order valence-electron chi connectivity index (χ2n) is 5.41. The van der Waals surface area contributed by atoms with Gasteiger partial charge in [0.05, 0.1) is 0 Å². The number of hydrogen-bond acceptors (Lipinski definition) is 4. The Kier molecular flexibility index (Phi) is 5.28. The Balaban J connectivity index is 2.39. The average Bonchev–Trinajstić information content (AvgIpc) is 2.69. The lowest BCUT2D eigenvalue weighted by Crippen LogP contribution is -2.30. The lowest BCUT2D eigenvalue weighted by atomic mass is 10.6. The summed E-state index contributed by atoms with van der Waals surface area (Å²) in [6.07, 6.45) is -3.76. The molecule has 0 saturated heterocycles. The van der Waals surface area contributed by atoms with Crippen LogP contribution in [0, 0.1) is 0 Å². The molecule has 1 aromatic heterocycles. The van der Waals surface area contributed by atoms with Gasteiger partial charge in [0.15, 0.2) is 0 Å². The Morgan fingerprint density at radius 2 is 2.10 bits per heavy atom. The molecule has 1 aromatic rings. The molecule has 0 fully saturated rings. The molecular formula is C10H17F3N4O2Si. The molecule has 0 aliphatic heterocycles. The highest BCUT2D eigenvalue weighted by Gasteiger charge is 2.39. The third-order valence-electron chi connectivity index (χ3n) is 2.24. The third-order valence-corrected chi connectivity index (χ3v) is 3.94. The summed E-state index contributed by atoms with van der Waals surface area (Å²) >= 11 is 0. The van der Waals surface area contributed by atoms with E-state index in [1.54, 1.807) is 5.32 Å².